The van der Waals surface area contributed by atoms with Crippen LogP contribution in [0.3, 0.4) is 0 Å². The van der Waals surface area contributed by atoms with Gasteiger partial charge in [-0.1, -0.05) is 36.4 Å². The third-order valence-corrected chi connectivity index (χ3v) is 3.40. The second-order valence-corrected chi connectivity index (χ2v) is 8.42. The number of hydrogen-bond acceptors (Lipinski definition) is 14. The molecule has 0 saturated heterocycles. The summed E-state index contributed by atoms with van der Waals surface area (Å²) in [6, 6.07) is 34.3. The Hall–Kier alpha value is -4.35. The summed E-state index contributed by atoms with van der Waals surface area (Å²) in [7, 11) is -9.89. The smallest absolute Gasteiger partial charge is 0.265 e. The van der Waals surface area contributed by atoms with Crippen molar-refractivity contribution in [3.63, 3.8) is 0 Å². The van der Waals surface area contributed by atoms with E-state index >= 15 is 0 Å². The van der Waals surface area contributed by atoms with Crippen molar-refractivity contribution in [1.82, 2.24) is 29.9 Å². The summed E-state index contributed by atoms with van der Waals surface area (Å²) in [5.41, 5.74) is 0. The van der Waals surface area contributed by atoms with E-state index in [-0.39, 0.29) is 16.5 Å². The molecule has 17 heteroatoms. The zero-order chi connectivity index (χ0) is 34.5. The van der Waals surface area contributed by atoms with E-state index < -0.39 is 20.5 Å². The van der Waals surface area contributed by atoms with Gasteiger partial charge in [-0.25, -0.2) is 37.3 Å². The maximum atomic E-state index is 8.49. The van der Waals surface area contributed by atoms with Crippen molar-refractivity contribution < 1.29 is 74.2 Å². The monoisotopic (exact) mass is 730 g/mol. The topological polar surface area (TPSA) is 262 Å². The Morgan fingerprint density at radius 1 is 0.213 bits per heavy atom. The Labute approximate surface area is 286 Å². The van der Waals surface area contributed by atoms with E-state index in [9.17, 15) is 0 Å². The van der Waals surface area contributed by atoms with Crippen molar-refractivity contribution in [2.24, 2.45) is 0 Å². The number of nitrogens with zero attached hydrogens (tertiary/aromatic N) is 6. The molecule has 0 spiro atoms. The molecular weight excluding hydrogens is 702 g/mol. The van der Waals surface area contributed by atoms with Crippen LogP contribution in [0.4, 0.5) is 0 Å². The van der Waals surface area contributed by atoms with Crippen LogP contribution < -0.4 is 37.3 Å². The Morgan fingerprint density at radius 2 is 0.298 bits per heavy atom. The summed E-state index contributed by atoms with van der Waals surface area (Å²) in [4.78, 5) is 22.7. The number of halogens is 2. The molecule has 252 valence electrons. The van der Waals surface area contributed by atoms with E-state index in [1.807, 2.05) is 109 Å². The van der Waals surface area contributed by atoms with Crippen LogP contribution >= 0.6 is 0 Å². The molecule has 0 aromatic carbocycles. The third-order valence-electron chi connectivity index (χ3n) is 3.40. The van der Waals surface area contributed by atoms with E-state index in [0.29, 0.717) is 0 Å². The molecule has 6 aromatic heterocycles. The van der Waals surface area contributed by atoms with Crippen LogP contribution in [0.5, 0.6) is 0 Å². The molecule has 0 aliphatic rings. The Kier molecular flexibility index (Phi) is 36.2. The van der Waals surface area contributed by atoms with Gasteiger partial charge in [-0.05, 0) is 72.8 Å². The zero-order valence-corrected chi connectivity index (χ0v) is 26.8. The average Bonchev–Trinajstić information content (AvgIpc) is 3.09. The minimum absolute atomic E-state index is 0. The van der Waals surface area contributed by atoms with Gasteiger partial charge >= 0.3 is 16.5 Å². The molecule has 6 heterocycles. The quantitative estimate of drug-likeness (QED) is 0.141. The molecule has 0 aliphatic heterocycles. The number of pyridine rings is 6. The van der Waals surface area contributed by atoms with Gasteiger partial charge in [-0.3, -0.25) is 29.9 Å². The molecular formula is C30H30Cl2N6NiO8. The largest absolute Gasteiger partial charge is 2.00 e. The van der Waals surface area contributed by atoms with Crippen LogP contribution in [-0.2, 0) is 16.5 Å². The van der Waals surface area contributed by atoms with Crippen LogP contribution in [-0.4, -0.2) is 29.9 Å². The van der Waals surface area contributed by atoms with Gasteiger partial charge in [0.2, 0.25) is 0 Å². The number of aromatic nitrogens is 6. The van der Waals surface area contributed by atoms with Crippen molar-refractivity contribution in [2.75, 3.05) is 0 Å². The molecule has 0 unspecified atom stereocenters. The van der Waals surface area contributed by atoms with Gasteiger partial charge in [0.15, 0.2) is 0 Å². The first-order chi connectivity index (χ1) is 22.0. The van der Waals surface area contributed by atoms with Crippen molar-refractivity contribution in [1.29, 1.82) is 0 Å². The average molecular weight is 732 g/mol. The SMILES string of the molecule is [Ni+2].[O-][Cl+3]([O-])([O-])[O-].[O-][Cl+3]([O-])([O-])[O-].c1ccncc1.c1ccncc1.c1ccncc1.c1ccncc1.c1ccncc1.c1ccncc1. The summed E-state index contributed by atoms with van der Waals surface area (Å²) in [6.07, 6.45) is 21.0. The second-order valence-electron chi connectivity index (χ2n) is 6.90. The van der Waals surface area contributed by atoms with Crippen LogP contribution in [0, 0.1) is 20.5 Å². The van der Waals surface area contributed by atoms with Crippen LogP contribution in [0.1, 0.15) is 0 Å². The van der Waals surface area contributed by atoms with Gasteiger partial charge in [0.1, 0.15) is 0 Å². The molecule has 0 N–H and O–H groups in total. The van der Waals surface area contributed by atoms with Gasteiger partial charge in [-0.2, -0.15) is 0 Å². The van der Waals surface area contributed by atoms with Crippen molar-refractivity contribution in [3.05, 3.63) is 184 Å². The zero-order valence-electron chi connectivity index (χ0n) is 24.3. The molecule has 0 atom stereocenters. The first-order valence-corrected chi connectivity index (χ1v) is 14.8. The fraction of sp³-hybridized carbons (Fsp3) is 0. The number of hydrogen-bond donors (Lipinski definition) is 0. The van der Waals surface area contributed by atoms with Gasteiger partial charge in [-0.15, -0.1) is 20.5 Å². The van der Waals surface area contributed by atoms with Gasteiger partial charge in [0, 0.05) is 74.4 Å². The predicted octanol–water partition coefficient (Wildman–Crippen LogP) is -3.02. The molecule has 0 bridgehead atoms. The Morgan fingerprint density at radius 3 is 0.319 bits per heavy atom. The maximum absolute atomic E-state index is 8.49. The molecule has 6 aromatic rings. The minimum atomic E-state index is -4.94. The summed E-state index contributed by atoms with van der Waals surface area (Å²) in [5, 5.41) is 0. The molecule has 6 rings (SSSR count). The summed E-state index contributed by atoms with van der Waals surface area (Å²) in [5.74, 6) is 0. The predicted molar refractivity (Wildman–Crippen MR) is 145 cm³/mol. The maximum Gasteiger partial charge on any atom is 2.00 e. The normalized spacial score (nSPS) is 8.68. The van der Waals surface area contributed by atoms with Crippen molar-refractivity contribution in [3.8, 4) is 0 Å². The Balaban J connectivity index is -0.000000470. The summed E-state index contributed by atoms with van der Waals surface area (Å²) < 4.78 is 67.9. The summed E-state index contributed by atoms with van der Waals surface area (Å²) >= 11 is 0. The fourth-order valence-corrected chi connectivity index (χ4v) is 1.88. The van der Waals surface area contributed by atoms with E-state index in [1.54, 1.807) is 74.4 Å². The van der Waals surface area contributed by atoms with E-state index in [0.717, 1.165) is 0 Å². The van der Waals surface area contributed by atoms with Gasteiger partial charge < -0.3 is 0 Å². The molecule has 0 fully saturated rings. The molecule has 47 heavy (non-hydrogen) atoms. The number of rotatable bonds is 0. The first kappa shape index (κ1) is 47.1. The summed E-state index contributed by atoms with van der Waals surface area (Å²) in [6.45, 7) is 0. The molecule has 0 saturated carbocycles. The van der Waals surface area contributed by atoms with Gasteiger partial charge in [0.25, 0.3) is 0 Å². The van der Waals surface area contributed by atoms with E-state index in [1.165, 1.54) is 0 Å². The standard InChI is InChI=1S/6C5H5N.2ClHO4.Ni/c6*1-2-4-6-5-3-1;2*2-1(3,4)5;/h6*1-5H;2*(H,2,3,4,5);/q;;;;;;;;+2/p-2. The molecule has 14 nitrogen and oxygen atoms in total. The van der Waals surface area contributed by atoms with Crippen molar-refractivity contribution in [2.45, 2.75) is 0 Å². The van der Waals surface area contributed by atoms with Crippen LogP contribution in [0.15, 0.2) is 184 Å². The minimum Gasteiger partial charge on any atom is -0.265 e. The Bertz CT molecular complexity index is 900. The molecule has 0 amide bonds. The molecule has 0 radical (unpaired) electrons. The van der Waals surface area contributed by atoms with E-state index in [2.05, 4.69) is 29.9 Å². The van der Waals surface area contributed by atoms with Crippen molar-refractivity contribution >= 4 is 0 Å². The second kappa shape index (κ2) is 36.1. The van der Waals surface area contributed by atoms with Crippen LogP contribution in [0.25, 0.3) is 0 Å². The first-order valence-electron chi connectivity index (χ1n) is 12.3. The van der Waals surface area contributed by atoms with Gasteiger partial charge in [0.05, 0.1) is 0 Å². The van der Waals surface area contributed by atoms with Crippen LogP contribution in [0.2, 0.25) is 0 Å². The third kappa shape index (κ3) is 65.4. The van der Waals surface area contributed by atoms with E-state index in [4.69, 9.17) is 37.3 Å². The molecule has 0 aliphatic carbocycles. The fourth-order valence-electron chi connectivity index (χ4n) is 1.88.